The van der Waals surface area contributed by atoms with Crippen molar-refractivity contribution in [3.63, 3.8) is 0 Å². The van der Waals surface area contributed by atoms with Gasteiger partial charge in [0.2, 0.25) is 5.91 Å². The Bertz CT molecular complexity index is 686. The number of aryl methyl sites for hydroxylation is 1. The normalized spacial score (nSPS) is 11.4. The maximum Gasteiger partial charge on any atom is 0.408 e. The van der Waals surface area contributed by atoms with Crippen LogP contribution >= 0.6 is 0 Å². The minimum atomic E-state index is -0.696. The topological polar surface area (TPSA) is 67.4 Å². The number of carbonyl (C=O) groups excluding carboxylic acids is 2. The van der Waals surface area contributed by atoms with E-state index < -0.39 is 12.1 Å². The SMILES string of the molecule is CCc1ccccc1NC(=O)[C@H](C)NC(=O)OCc1ccccc1. The van der Waals surface area contributed by atoms with Crippen LogP contribution in [0.3, 0.4) is 0 Å². The van der Waals surface area contributed by atoms with Gasteiger partial charge in [0.15, 0.2) is 0 Å². The Morgan fingerprint density at radius 2 is 1.71 bits per heavy atom. The lowest BCUT2D eigenvalue weighted by molar-refractivity contribution is -0.117. The minimum absolute atomic E-state index is 0.166. The third-order valence-electron chi connectivity index (χ3n) is 3.60. The Balaban J connectivity index is 1.83. The highest BCUT2D eigenvalue weighted by molar-refractivity contribution is 5.96. The van der Waals surface area contributed by atoms with Gasteiger partial charge in [0.05, 0.1) is 0 Å². The van der Waals surface area contributed by atoms with E-state index in [0.717, 1.165) is 23.2 Å². The number of carbonyl (C=O) groups is 2. The lowest BCUT2D eigenvalue weighted by Crippen LogP contribution is -2.41. The molecule has 24 heavy (non-hydrogen) atoms. The molecule has 0 fully saturated rings. The van der Waals surface area contributed by atoms with Crippen LogP contribution in [0.4, 0.5) is 10.5 Å². The highest BCUT2D eigenvalue weighted by atomic mass is 16.5. The molecule has 0 radical (unpaired) electrons. The Labute approximate surface area is 142 Å². The zero-order valence-corrected chi connectivity index (χ0v) is 13.9. The van der Waals surface area contributed by atoms with Gasteiger partial charge < -0.3 is 15.4 Å². The average molecular weight is 326 g/mol. The molecule has 126 valence electrons. The van der Waals surface area contributed by atoms with Crippen molar-refractivity contribution in [3.05, 3.63) is 65.7 Å². The van der Waals surface area contributed by atoms with E-state index in [2.05, 4.69) is 10.6 Å². The van der Waals surface area contributed by atoms with Crippen molar-refractivity contribution in [2.24, 2.45) is 0 Å². The molecule has 5 nitrogen and oxygen atoms in total. The number of nitrogens with one attached hydrogen (secondary N) is 2. The van der Waals surface area contributed by atoms with Crippen LogP contribution in [0.5, 0.6) is 0 Å². The lowest BCUT2D eigenvalue weighted by Gasteiger charge is -2.15. The molecule has 2 N–H and O–H groups in total. The highest BCUT2D eigenvalue weighted by Gasteiger charge is 2.17. The largest absolute Gasteiger partial charge is 0.445 e. The molecule has 0 spiro atoms. The van der Waals surface area contributed by atoms with Crippen molar-refractivity contribution in [2.75, 3.05) is 5.32 Å². The lowest BCUT2D eigenvalue weighted by atomic mass is 10.1. The van der Waals surface area contributed by atoms with E-state index in [0.29, 0.717) is 0 Å². The van der Waals surface area contributed by atoms with E-state index in [9.17, 15) is 9.59 Å². The second-order valence-electron chi connectivity index (χ2n) is 5.43. The van der Waals surface area contributed by atoms with Crippen LogP contribution < -0.4 is 10.6 Å². The first-order valence-electron chi connectivity index (χ1n) is 7.96. The number of hydrogen-bond acceptors (Lipinski definition) is 3. The van der Waals surface area contributed by atoms with Gasteiger partial charge in [-0.25, -0.2) is 4.79 Å². The first kappa shape index (κ1) is 17.5. The Kier molecular flexibility index (Phi) is 6.37. The molecule has 0 aliphatic heterocycles. The van der Waals surface area contributed by atoms with Gasteiger partial charge in [0, 0.05) is 5.69 Å². The average Bonchev–Trinajstić information content (AvgIpc) is 2.61. The molecule has 2 aromatic carbocycles. The van der Waals surface area contributed by atoms with E-state index in [1.165, 1.54) is 0 Å². The third kappa shape index (κ3) is 5.12. The van der Waals surface area contributed by atoms with Gasteiger partial charge in [0.25, 0.3) is 0 Å². The Hall–Kier alpha value is -2.82. The monoisotopic (exact) mass is 326 g/mol. The predicted molar refractivity (Wildman–Crippen MR) is 93.7 cm³/mol. The second-order valence-corrected chi connectivity index (χ2v) is 5.43. The van der Waals surface area contributed by atoms with Gasteiger partial charge in [-0.05, 0) is 30.5 Å². The standard InChI is InChI=1S/C19H22N2O3/c1-3-16-11-7-8-12-17(16)21-18(22)14(2)20-19(23)24-13-15-9-5-4-6-10-15/h4-12,14H,3,13H2,1-2H3,(H,20,23)(H,21,22)/t14-/m0/s1. The summed E-state index contributed by atoms with van der Waals surface area (Å²) in [6, 6.07) is 16.3. The van der Waals surface area contributed by atoms with Gasteiger partial charge in [-0.2, -0.15) is 0 Å². The number of alkyl carbamates (subject to hydrolysis) is 1. The summed E-state index contributed by atoms with van der Waals surface area (Å²) in [7, 11) is 0. The van der Waals surface area contributed by atoms with Crippen LogP contribution in [0.2, 0.25) is 0 Å². The quantitative estimate of drug-likeness (QED) is 0.854. The Morgan fingerprint density at radius 1 is 1.04 bits per heavy atom. The first-order chi connectivity index (χ1) is 11.6. The number of amides is 2. The van der Waals surface area contributed by atoms with Crippen molar-refractivity contribution >= 4 is 17.7 Å². The summed E-state index contributed by atoms with van der Waals surface area (Å²) in [5.74, 6) is -0.285. The molecule has 2 aromatic rings. The van der Waals surface area contributed by atoms with E-state index in [-0.39, 0.29) is 12.5 Å². The maximum atomic E-state index is 12.2. The molecular formula is C19H22N2O3. The summed E-state index contributed by atoms with van der Waals surface area (Å²) in [6.45, 7) is 3.81. The summed E-state index contributed by atoms with van der Waals surface area (Å²) in [4.78, 5) is 24.0. The molecular weight excluding hydrogens is 304 g/mol. The van der Waals surface area contributed by atoms with Gasteiger partial charge in [-0.15, -0.1) is 0 Å². The summed E-state index contributed by atoms with van der Waals surface area (Å²) in [5.41, 5.74) is 2.70. The molecule has 1 atom stereocenters. The maximum absolute atomic E-state index is 12.2. The van der Waals surface area contributed by atoms with Gasteiger partial charge in [0.1, 0.15) is 12.6 Å². The van der Waals surface area contributed by atoms with Crippen molar-refractivity contribution in [1.29, 1.82) is 0 Å². The van der Waals surface area contributed by atoms with E-state index in [4.69, 9.17) is 4.74 Å². The van der Waals surface area contributed by atoms with Gasteiger partial charge in [-0.3, -0.25) is 4.79 Å². The van der Waals surface area contributed by atoms with E-state index in [1.807, 2.05) is 61.5 Å². The van der Waals surface area contributed by atoms with Crippen molar-refractivity contribution < 1.29 is 14.3 Å². The zero-order chi connectivity index (χ0) is 17.4. The van der Waals surface area contributed by atoms with Crippen LogP contribution in [-0.2, 0) is 22.6 Å². The van der Waals surface area contributed by atoms with Crippen LogP contribution in [0, 0.1) is 0 Å². The van der Waals surface area contributed by atoms with E-state index in [1.54, 1.807) is 6.92 Å². The Morgan fingerprint density at radius 3 is 2.42 bits per heavy atom. The fourth-order valence-electron chi connectivity index (χ4n) is 2.20. The molecule has 0 bridgehead atoms. The molecule has 0 aliphatic carbocycles. The number of anilines is 1. The fraction of sp³-hybridized carbons (Fsp3) is 0.263. The molecule has 0 saturated carbocycles. The molecule has 0 aliphatic rings. The van der Waals surface area contributed by atoms with Gasteiger partial charge in [-0.1, -0.05) is 55.5 Å². The first-order valence-corrected chi connectivity index (χ1v) is 7.96. The summed E-state index contributed by atoms with van der Waals surface area (Å²) in [5, 5.41) is 5.37. The molecule has 2 rings (SSSR count). The van der Waals surface area contributed by atoms with Crippen LogP contribution in [0.25, 0.3) is 0 Å². The molecule has 2 amide bonds. The summed E-state index contributed by atoms with van der Waals surface area (Å²) < 4.78 is 5.11. The number of para-hydroxylation sites is 1. The van der Waals surface area contributed by atoms with Crippen LogP contribution in [-0.4, -0.2) is 18.0 Å². The van der Waals surface area contributed by atoms with Crippen LogP contribution in [0.1, 0.15) is 25.0 Å². The third-order valence-corrected chi connectivity index (χ3v) is 3.60. The van der Waals surface area contributed by atoms with Gasteiger partial charge >= 0.3 is 6.09 Å². The second kappa shape index (κ2) is 8.72. The van der Waals surface area contributed by atoms with Crippen molar-refractivity contribution in [1.82, 2.24) is 5.32 Å². The summed E-state index contributed by atoms with van der Waals surface area (Å²) >= 11 is 0. The number of benzene rings is 2. The van der Waals surface area contributed by atoms with Crippen LogP contribution in [0.15, 0.2) is 54.6 Å². The number of ether oxygens (including phenoxy) is 1. The predicted octanol–water partition coefficient (Wildman–Crippen LogP) is 3.50. The highest BCUT2D eigenvalue weighted by Crippen LogP contribution is 2.15. The smallest absolute Gasteiger partial charge is 0.408 e. The summed E-state index contributed by atoms with van der Waals surface area (Å²) in [6.07, 6.45) is 0.197. The zero-order valence-electron chi connectivity index (χ0n) is 13.9. The fourth-order valence-corrected chi connectivity index (χ4v) is 2.20. The number of hydrogen-bond donors (Lipinski definition) is 2. The molecule has 0 aromatic heterocycles. The molecule has 5 heteroatoms. The molecule has 0 heterocycles. The van der Waals surface area contributed by atoms with Crippen molar-refractivity contribution in [2.45, 2.75) is 32.9 Å². The number of rotatable bonds is 6. The van der Waals surface area contributed by atoms with Crippen molar-refractivity contribution in [3.8, 4) is 0 Å². The molecule has 0 saturated heterocycles. The minimum Gasteiger partial charge on any atom is -0.445 e. The van der Waals surface area contributed by atoms with E-state index >= 15 is 0 Å². The molecule has 0 unspecified atom stereocenters.